The Morgan fingerprint density at radius 1 is 0.781 bits per heavy atom. The number of piperidine rings is 2. The highest BCUT2D eigenvalue weighted by Gasteiger charge is 2.39. The fraction of sp³-hybridized carbons (Fsp3) is 0.920. The lowest BCUT2D eigenvalue weighted by Crippen LogP contribution is -2.61. The highest BCUT2D eigenvalue weighted by Crippen LogP contribution is 2.28. The SMILES string of the molecule is O=C(NC1CCCC1)[C@@H]1CCCCN1CCC[N+]1([O-])CCCC[C@H]1C(=O)NC1CCCC1. The van der Waals surface area contributed by atoms with E-state index in [2.05, 4.69) is 15.5 Å². The summed E-state index contributed by atoms with van der Waals surface area (Å²) in [5, 5.41) is 20.2. The molecular formula is C25H44N4O3. The molecule has 2 aliphatic heterocycles. The van der Waals surface area contributed by atoms with Crippen molar-refractivity contribution in [2.75, 3.05) is 26.2 Å². The maximum atomic E-state index is 13.7. The number of carbonyl (C=O) groups excluding carboxylic acids is 2. The van der Waals surface area contributed by atoms with Crippen LogP contribution in [0.5, 0.6) is 0 Å². The number of quaternary nitrogens is 1. The average molecular weight is 449 g/mol. The van der Waals surface area contributed by atoms with Crippen molar-refractivity contribution in [3.8, 4) is 0 Å². The smallest absolute Gasteiger partial charge is 0.278 e. The molecule has 2 amide bonds. The van der Waals surface area contributed by atoms with E-state index < -0.39 is 6.04 Å². The average Bonchev–Trinajstić information content (AvgIpc) is 3.48. The van der Waals surface area contributed by atoms with E-state index in [4.69, 9.17) is 0 Å². The monoisotopic (exact) mass is 448 g/mol. The molecule has 2 saturated carbocycles. The number of amides is 2. The second kappa shape index (κ2) is 11.3. The topological polar surface area (TPSA) is 84.5 Å². The molecule has 4 aliphatic rings. The van der Waals surface area contributed by atoms with E-state index in [1.807, 2.05) is 0 Å². The zero-order valence-corrected chi connectivity index (χ0v) is 19.9. The van der Waals surface area contributed by atoms with Crippen molar-refractivity contribution in [2.45, 2.75) is 120 Å². The summed E-state index contributed by atoms with van der Waals surface area (Å²) in [4.78, 5) is 28.2. The Morgan fingerprint density at radius 3 is 2.06 bits per heavy atom. The molecule has 4 rings (SSSR count). The molecule has 4 fully saturated rings. The summed E-state index contributed by atoms with van der Waals surface area (Å²) in [6.45, 7) is 2.75. The third-order valence-electron chi connectivity index (χ3n) is 8.44. The highest BCUT2D eigenvalue weighted by molar-refractivity contribution is 5.82. The van der Waals surface area contributed by atoms with Crippen molar-refractivity contribution in [1.82, 2.24) is 15.5 Å². The van der Waals surface area contributed by atoms with E-state index in [9.17, 15) is 14.8 Å². The first kappa shape index (κ1) is 24.0. The Labute approximate surface area is 193 Å². The van der Waals surface area contributed by atoms with Crippen LogP contribution in [0.2, 0.25) is 0 Å². The summed E-state index contributed by atoms with van der Waals surface area (Å²) in [5.74, 6) is 0.174. The van der Waals surface area contributed by atoms with Gasteiger partial charge in [-0.1, -0.05) is 32.1 Å². The zero-order valence-electron chi connectivity index (χ0n) is 19.9. The van der Waals surface area contributed by atoms with E-state index in [1.54, 1.807) is 0 Å². The molecule has 7 heteroatoms. The van der Waals surface area contributed by atoms with Crippen molar-refractivity contribution in [1.29, 1.82) is 0 Å². The van der Waals surface area contributed by atoms with Crippen LogP contribution in [0.15, 0.2) is 0 Å². The maximum Gasteiger partial charge on any atom is 0.278 e. The maximum absolute atomic E-state index is 13.7. The second-order valence-electron chi connectivity index (χ2n) is 10.8. The summed E-state index contributed by atoms with van der Waals surface area (Å²) in [6.07, 6.45) is 15.6. The Hall–Kier alpha value is -1.18. The standard InChI is InChI=1S/C25H44N4O3/c30-24(26-20-10-1-2-11-20)22-14-5-7-16-28(22)17-9-19-29(32)18-8-6-15-23(29)25(31)27-21-12-3-4-13-21/h20-23H,1-19H2,(H,26,30)(H,27,31)/t22-,23-,29?/m0/s1. The number of hydrogen-bond acceptors (Lipinski definition) is 4. The minimum absolute atomic E-state index is 0.0154. The molecule has 0 aromatic rings. The Kier molecular flexibility index (Phi) is 8.46. The van der Waals surface area contributed by atoms with Crippen LogP contribution < -0.4 is 10.6 Å². The predicted octanol–water partition coefficient (Wildman–Crippen LogP) is 3.22. The van der Waals surface area contributed by atoms with Crippen LogP contribution in [0.4, 0.5) is 0 Å². The number of hydrogen-bond donors (Lipinski definition) is 2. The van der Waals surface area contributed by atoms with Crippen molar-refractivity contribution >= 4 is 11.8 Å². The molecule has 0 radical (unpaired) electrons. The molecule has 0 spiro atoms. The lowest BCUT2D eigenvalue weighted by molar-refractivity contribution is -0.901. The minimum Gasteiger partial charge on any atom is -0.632 e. The fourth-order valence-corrected chi connectivity index (χ4v) is 6.55. The van der Waals surface area contributed by atoms with E-state index in [0.717, 1.165) is 77.3 Å². The van der Waals surface area contributed by atoms with E-state index in [-0.39, 0.29) is 28.5 Å². The largest absolute Gasteiger partial charge is 0.632 e. The number of nitrogens with zero attached hydrogens (tertiary/aromatic N) is 2. The molecule has 0 aromatic heterocycles. The van der Waals surface area contributed by atoms with E-state index in [1.165, 1.54) is 25.7 Å². The second-order valence-corrected chi connectivity index (χ2v) is 10.8. The van der Waals surface area contributed by atoms with Gasteiger partial charge in [-0.15, -0.1) is 0 Å². The summed E-state index contributed by atoms with van der Waals surface area (Å²) in [7, 11) is 0. The van der Waals surface area contributed by atoms with Crippen LogP contribution in [0.25, 0.3) is 0 Å². The van der Waals surface area contributed by atoms with E-state index in [0.29, 0.717) is 25.6 Å². The molecule has 0 bridgehead atoms. The van der Waals surface area contributed by atoms with Crippen molar-refractivity contribution in [3.05, 3.63) is 5.21 Å². The van der Waals surface area contributed by atoms with Crippen LogP contribution in [-0.2, 0) is 9.59 Å². The summed E-state index contributed by atoms with van der Waals surface area (Å²) in [5.41, 5.74) is 0. The van der Waals surface area contributed by atoms with Crippen LogP contribution >= 0.6 is 0 Å². The highest BCUT2D eigenvalue weighted by atomic mass is 16.5. The van der Waals surface area contributed by atoms with Gasteiger partial charge in [0.15, 0.2) is 6.04 Å². The fourth-order valence-electron chi connectivity index (χ4n) is 6.55. The first-order chi connectivity index (χ1) is 15.5. The van der Waals surface area contributed by atoms with Gasteiger partial charge in [0, 0.05) is 31.5 Å². The third-order valence-corrected chi connectivity index (χ3v) is 8.44. The first-order valence-corrected chi connectivity index (χ1v) is 13.5. The normalized spacial score (nSPS) is 32.8. The molecule has 1 unspecified atom stereocenters. The van der Waals surface area contributed by atoms with Gasteiger partial charge in [-0.25, -0.2) is 0 Å². The lowest BCUT2D eigenvalue weighted by Gasteiger charge is -2.51. The van der Waals surface area contributed by atoms with Crippen LogP contribution in [0.3, 0.4) is 0 Å². The van der Waals surface area contributed by atoms with Gasteiger partial charge in [0.05, 0.1) is 19.1 Å². The van der Waals surface area contributed by atoms with Gasteiger partial charge in [-0.2, -0.15) is 0 Å². The summed E-state index contributed by atoms with van der Waals surface area (Å²) >= 11 is 0. The van der Waals surface area contributed by atoms with Crippen molar-refractivity contribution in [3.63, 3.8) is 0 Å². The predicted molar refractivity (Wildman–Crippen MR) is 126 cm³/mol. The van der Waals surface area contributed by atoms with Gasteiger partial charge in [0.2, 0.25) is 5.91 Å². The molecule has 182 valence electrons. The summed E-state index contributed by atoms with van der Waals surface area (Å²) in [6, 6.07) is 0.124. The van der Waals surface area contributed by atoms with Gasteiger partial charge in [0.25, 0.3) is 5.91 Å². The number of rotatable bonds is 8. The van der Waals surface area contributed by atoms with Crippen LogP contribution in [-0.4, -0.2) is 71.7 Å². The Bertz CT molecular complexity index is 633. The number of carbonyl (C=O) groups is 2. The number of likely N-dealkylation sites (tertiary alicyclic amines) is 2. The van der Waals surface area contributed by atoms with Crippen LogP contribution in [0, 0.1) is 5.21 Å². The number of nitrogens with one attached hydrogen (secondary N) is 2. The van der Waals surface area contributed by atoms with Crippen LogP contribution in [0.1, 0.15) is 96.3 Å². The van der Waals surface area contributed by atoms with Gasteiger partial charge < -0.3 is 20.5 Å². The van der Waals surface area contributed by atoms with Crippen molar-refractivity contribution in [2.24, 2.45) is 0 Å². The zero-order chi connectivity index (χ0) is 22.4. The minimum atomic E-state index is -0.452. The molecule has 2 heterocycles. The molecule has 7 nitrogen and oxygen atoms in total. The quantitative estimate of drug-likeness (QED) is 0.441. The first-order valence-electron chi connectivity index (χ1n) is 13.5. The third kappa shape index (κ3) is 6.03. The molecule has 2 saturated heterocycles. The molecule has 2 N–H and O–H groups in total. The van der Waals surface area contributed by atoms with Gasteiger partial charge >= 0.3 is 0 Å². The molecular weight excluding hydrogens is 404 g/mol. The molecule has 0 aromatic carbocycles. The molecule has 2 aliphatic carbocycles. The lowest BCUT2D eigenvalue weighted by atomic mass is 9.98. The van der Waals surface area contributed by atoms with Gasteiger partial charge in [0.1, 0.15) is 0 Å². The summed E-state index contributed by atoms with van der Waals surface area (Å²) < 4.78 is -0.370. The number of hydroxylamine groups is 3. The van der Waals surface area contributed by atoms with Gasteiger partial charge in [-0.3, -0.25) is 14.5 Å². The molecule has 3 atom stereocenters. The Balaban J connectivity index is 1.29. The van der Waals surface area contributed by atoms with Gasteiger partial charge in [-0.05, 0) is 57.9 Å². The Morgan fingerprint density at radius 2 is 1.38 bits per heavy atom. The van der Waals surface area contributed by atoms with Crippen molar-refractivity contribution < 1.29 is 14.2 Å². The molecule has 32 heavy (non-hydrogen) atoms. The van der Waals surface area contributed by atoms with E-state index >= 15 is 0 Å².